The molecule has 9 nitrogen and oxygen atoms in total. The number of aryl methyl sites for hydroxylation is 1. The zero-order valence-electron chi connectivity index (χ0n) is 19.8. The number of para-hydroxylation sites is 1. The van der Waals surface area contributed by atoms with E-state index in [-0.39, 0.29) is 36.1 Å². The van der Waals surface area contributed by atoms with Gasteiger partial charge >= 0.3 is 0 Å². The number of ether oxygens (including phenoxy) is 1. The lowest BCUT2D eigenvalue weighted by atomic mass is 9.95. The maximum absolute atomic E-state index is 13.4. The first-order valence-electron chi connectivity index (χ1n) is 12.0. The molecule has 0 spiro atoms. The smallest absolute Gasteiger partial charge is 0.272 e. The number of nitrogens with zero attached hydrogens (tertiary/aromatic N) is 1. The Morgan fingerprint density at radius 2 is 1.94 bits per heavy atom. The minimum Gasteiger partial charge on any atom is -0.496 e. The van der Waals surface area contributed by atoms with Crippen LogP contribution >= 0.6 is 0 Å². The number of aromatic nitrogens is 2. The summed E-state index contributed by atoms with van der Waals surface area (Å²) < 4.78 is 5.46. The number of H-pyrrole nitrogens is 1. The number of fused-ring (bicyclic) bond motifs is 1. The highest BCUT2D eigenvalue weighted by molar-refractivity contribution is 5.95. The van der Waals surface area contributed by atoms with Crippen LogP contribution in [-0.2, 0) is 22.4 Å². The van der Waals surface area contributed by atoms with E-state index in [2.05, 4.69) is 26.1 Å². The second-order valence-electron chi connectivity index (χ2n) is 9.03. The number of methoxy groups -OCH3 is 1. The second-order valence-corrected chi connectivity index (χ2v) is 9.03. The molecule has 1 saturated carbocycles. The summed E-state index contributed by atoms with van der Waals surface area (Å²) in [6.07, 6.45) is 6.26. The highest BCUT2D eigenvalue weighted by atomic mass is 16.5. The van der Waals surface area contributed by atoms with Gasteiger partial charge in [-0.3, -0.25) is 19.5 Å². The summed E-state index contributed by atoms with van der Waals surface area (Å²) in [7, 11) is 3.13. The molecular weight excluding hydrogens is 434 g/mol. The Balaban J connectivity index is 1.47. The molecule has 4 rings (SSSR count). The van der Waals surface area contributed by atoms with E-state index in [1.54, 1.807) is 14.2 Å². The first kappa shape index (κ1) is 23.8. The lowest BCUT2D eigenvalue weighted by Gasteiger charge is -2.25. The first-order valence-corrected chi connectivity index (χ1v) is 12.0. The molecule has 1 fully saturated rings. The minimum absolute atomic E-state index is 0.0891. The fraction of sp³-hybridized carbons (Fsp3) is 0.520. The standard InChI is InChI=1S/C25H33N5O4/c1-26-22(31)14-20(15-8-4-6-13-21(15)34-2)28-24(32)17-10-7-12-18(17)27-25(33)23-16-9-3-5-11-19(16)29-30-23/h4,6,8,13,17-18,20H,3,5,7,9-12,14H2,1-2H3,(H,26,31)(H,27,33)(H,28,32)(H,29,30)/t17-,18-,20+/m1/s1. The van der Waals surface area contributed by atoms with Crippen molar-refractivity contribution < 1.29 is 19.1 Å². The number of amides is 3. The van der Waals surface area contributed by atoms with Gasteiger partial charge in [0.2, 0.25) is 11.8 Å². The summed E-state index contributed by atoms with van der Waals surface area (Å²) in [5.74, 6) is -0.352. The summed E-state index contributed by atoms with van der Waals surface area (Å²) >= 11 is 0. The summed E-state index contributed by atoms with van der Waals surface area (Å²) in [4.78, 5) is 38.6. The van der Waals surface area contributed by atoms with Gasteiger partial charge in [0.1, 0.15) is 5.75 Å². The molecule has 3 atom stereocenters. The van der Waals surface area contributed by atoms with Gasteiger partial charge in [-0.05, 0) is 44.6 Å². The van der Waals surface area contributed by atoms with E-state index >= 15 is 0 Å². The topological polar surface area (TPSA) is 125 Å². The molecule has 0 unspecified atom stereocenters. The second kappa shape index (κ2) is 10.7. The summed E-state index contributed by atoms with van der Waals surface area (Å²) in [5, 5.41) is 16.0. The summed E-state index contributed by atoms with van der Waals surface area (Å²) in [6, 6.07) is 6.53. The lowest BCUT2D eigenvalue weighted by Crippen LogP contribution is -2.45. The number of benzene rings is 1. The van der Waals surface area contributed by atoms with Crippen molar-refractivity contribution in [1.82, 2.24) is 26.1 Å². The average molecular weight is 468 g/mol. The van der Waals surface area contributed by atoms with Crippen LogP contribution in [0.3, 0.4) is 0 Å². The van der Waals surface area contributed by atoms with Gasteiger partial charge in [-0.25, -0.2) is 0 Å². The van der Waals surface area contributed by atoms with E-state index in [9.17, 15) is 14.4 Å². The number of hydrogen-bond acceptors (Lipinski definition) is 5. The Bertz CT molecular complexity index is 1050. The van der Waals surface area contributed by atoms with E-state index in [1.165, 1.54) is 0 Å². The number of rotatable bonds is 8. The molecule has 2 aliphatic rings. The van der Waals surface area contributed by atoms with Gasteiger partial charge in [0.15, 0.2) is 5.69 Å². The van der Waals surface area contributed by atoms with Crippen LogP contribution in [0.1, 0.15) is 71.9 Å². The van der Waals surface area contributed by atoms with E-state index in [0.717, 1.165) is 55.3 Å². The largest absolute Gasteiger partial charge is 0.496 e. The highest BCUT2D eigenvalue weighted by Gasteiger charge is 2.36. The molecule has 3 amide bonds. The van der Waals surface area contributed by atoms with Crippen molar-refractivity contribution in [2.24, 2.45) is 5.92 Å². The fourth-order valence-electron chi connectivity index (χ4n) is 5.11. The molecule has 1 heterocycles. The van der Waals surface area contributed by atoms with Crippen LogP contribution in [0.5, 0.6) is 5.75 Å². The van der Waals surface area contributed by atoms with Crippen LogP contribution in [0.4, 0.5) is 0 Å². The van der Waals surface area contributed by atoms with Gasteiger partial charge in [0.25, 0.3) is 5.91 Å². The Hall–Kier alpha value is -3.36. The average Bonchev–Trinajstić information content (AvgIpc) is 3.50. The third kappa shape index (κ3) is 5.08. The molecule has 1 aromatic carbocycles. The number of carbonyl (C=O) groups is 3. The van der Waals surface area contributed by atoms with Gasteiger partial charge in [-0.1, -0.05) is 24.6 Å². The van der Waals surface area contributed by atoms with Crippen LogP contribution < -0.4 is 20.7 Å². The molecule has 182 valence electrons. The first-order chi connectivity index (χ1) is 16.5. The van der Waals surface area contributed by atoms with Gasteiger partial charge < -0.3 is 20.7 Å². The van der Waals surface area contributed by atoms with E-state index in [1.807, 2.05) is 24.3 Å². The zero-order valence-corrected chi connectivity index (χ0v) is 19.8. The van der Waals surface area contributed by atoms with Crippen LogP contribution in [0.25, 0.3) is 0 Å². The van der Waals surface area contributed by atoms with Gasteiger partial charge in [0, 0.05) is 29.9 Å². The van der Waals surface area contributed by atoms with Crippen LogP contribution in [0.15, 0.2) is 24.3 Å². The molecule has 1 aromatic heterocycles. The summed E-state index contributed by atoms with van der Waals surface area (Å²) in [6.45, 7) is 0. The van der Waals surface area contributed by atoms with E-state index in [4.69, 9.17) is 4.74 Å². The third-order valence-electron chi connectivity index (χ3n) is 6.94. The Kier molecular flexibility index (Phi) is 7.49. The van der Waals surface area contributed by atoms with Crippen molar-refractivity contribution in [3.63, 3.8) is 0 Å². The predicted molar refractivity (Wildman–Crippen MR) is 126 cm³/mol. The Labute approximate surface area is 199 Å². The molecule has 0 saturated heterocycles. The van der Waals surface area contributed by atoms with Gasteiger partial charge in [0.05, 0.1) is 25.5 Å². The maximum atomic E-state index is 13.4. The molecule has 0 aliphatic heterocycles. The molecule has 34 heavy (non-hydrogen) atoms. The quantitative estimate of drug-likeness (QED) is 0.474. The molecule has 9 heteroatoms. The van der Waals surface area contributed by atoms with Crippen molar-refractivity contribution in [3.8, 4) is 5.75 Å². The van der Waals surface area contributed by atoms with Crippen molar-refractivity contribution in [1.29, 1.82) is 0 Å². The molecule has 2 aliphatic carbocycles. The lowest BCUT2D eigenvalue weighted by molar-refractivity contribution is -0.126. The molecule has 0 radical (unpaired) electrons. The van der Waals surface area contributed by atoms with Crippen LogP contribution in [0, 0.1) is 5.92 Å². The zero-order chi connectivity index (χ0) is 24.1. The van der Waals surface area contributed by atoms with Crippen LogP contribution in [0.2, 0.25) is 0 Å². The number of nitrogens with one attached hydrogen (secondary N) is 4. The van der Waals surface area contributed by atoms with Crippen LogP contribution in [-0.4, -0.2) is 48.1 Å². The SMILES string of the molecule is CNC(=O)C[C@H](NC(=O)[C@@H]1CCC[C@H]1NC(=O)c1n[nH]c2c1CCCC2)c1ccccc1OC. The van der Waals surface area contributed by atoms with Gasteiger partial charge in [-0.15, -0.1) is 0 Å². The van der Waals surface area contributed by atoms with Crippen molar-refractivity contribution in [2.75, 3.05) is 14.2 Å². The van der Waals surface area contributed by atoms with Crippen molar-refractivity contribution in [2.45, 2.75) is 63.5 Å². The Morgan fingerprint density at radius 3 is 2.74 bits per heavy atom. The number of hydrogen-bond donors (Lipinski definition) is 4. The van der Waals surface area contributed by atoms with Crippen molar-refractivity contribution >= 4 is 17.7 Å². The molecule has 0 bridgehead atoms. The van der Waals surface area contributed by atoms with E-state index in [0.29, 0.717) is 17.9 Å². The minimum atomic E-state index is -0.543. The normalized spacial score (nSPS) is 20.2. The maximum Gasteiger partial charge on any atom is 0.272 e. The number of carbonyl (C=O) groups excluding carboxylic acids is 3. The molecule has 2 aromatic rings. The monoisotopic (exact) mass is 467 g/mol. The third-order valence-corrected chi connectivity index (χ3v) is 6.94. The fourth-order valence-corrected chi connectivity index (χ4v) is 5.11. The predicted octanol–water partition coefficient (Wildman–Crippen LogP) is 2.19. The molecule has 4 N–H and O–H groups in total. The Morgan fingerprint density at radius 1 is 1.15 bits per heavy atom. The summed E-state index contributed by atoms with van der Waals surface area (Å²) in [5.41, 5.74) is 3.24. The van der Waals surface area contributed by atoms with Gasteiger partial charge in [-0.2, -0.15) is 5.10 Å². The number of aromatic amines is 1. The highest BCUT2D eigenvalue weighted by Crippen LogP contribution is 2.31. The van der Waals surface area contributed by atoms with Crippen molar-refractivity contribution in [3.05, 3.63) is 46.8 Å². The van der Waals surface area contributed by atoms with E-state index < -0.39 is 6.04 Å². The molecular formula is C25H33N5O4.